The first-order chi connectivity index (χ1) is 13.2. The minimum Gasteiger partial charge on any atom is -0.486 e. The van der Waals surface area contributed by atoms with Crippen molar-refractivity contribution in [2.24, 2.45) is 0 Å². The van der Waals surface area contributed by atoms with Crippen molar-refractivity contribution in [1.29, 1.82) is 0 Å². The van der Waals surface area contributed by atoms with E-state index in [2.05, 4.69) is 15.5 Å². The van der Waals surface area contributed by atoms with Crippen LogP contribution < -0.4 is 20.5 Å². The van der Waals surface area contributed by atoms with Gasteiger partial charge in [-0.05, 0) is 31.0 Å². The third-order valence-electron chi connectivity index (χ3n) is 4.73. The van der Waals surface area contributed by atoms with E-state index in [0.717, 1.165) is 35.1 Å². The molecule has 2 aliphatic heterocycles. The summed E-state index contributed by atoms with van der Waals surface area (Å²) < 4.78 is 12.8. The highest BCUT2D eigenvalue weighted by Crippen LogP contribution is 2.34. The third-order valence-corrected chi connectivity index (χ3v) is 5.73. The molecule has 1 aromatic carbocycles. The standard InChI is InChI=1S/C18H22N4O4S/c23-17(19-12-1-4-16-20-21-18(24)22(16)7-5-12)6-10-27-13-2-3-14-15(11-13)26-9-8-25-14/h2-3,11-12H,1,4-10H2,(H,19,23)(H,21,24). The molecule has 1 aromatic heterocycles. The lowest BCUT2D eigenvalue weighted by Gasteiger charge is -2.18. The molecule has 0 fully saturated rings. The topological polar surface area (TPSA) is 98.2 Å². The first-order valence-electron chi connectivity index (χ1n) is 9.15. The Hall–Kier alpha value is -2.42. The van der Waals surface area contributed by atoms with E-state index >= 15 is 0 Å². The molecule has 0 aliphatic carbocycles. The van der Waals surface area contributed by atoms with Crippen molar-refractivity contribution in [3.63, 3.8) is 0 Å². The van der Waals surface area contributed by atoms with E-state index in [1.54, 1.807) is 16.3 Å². The van der Waals surface area contributed by atoms with Gasteiger partial charge in [0.25, 0.3) is 0 Å². The Balaban J connectivity index is 1.23. The molecule has 3 heterocycles. The van der Waals surface area contributed by atoms with Crippen LogP contribution in [0.5, 0.6) is 11.5 Å². The molecule has 2 aliphatic rings. The van der Waals surface area contributed by atoms with Gasteiger partial charge in [-0.25, -0.2) is 9.89 Å². The molecule has 2 N–H and O–H groups in total. The van der Waals surface area contributed by atoms with E-state index in [9.17, 15) is 9.59 Å². The monoisotopic (exact) mass is 390 g/mol. The third kappa shape index (κ3) is 4.29. The number of thioether (sulfide) groups is 1. The van der Waals surface area contributed by atoms with Gasteiger partial charge in [0.15, 0.2) is 11.5 Å². The van der Waals surface area contributed by atoms with Crippen LogP contribution >= 0.6 is 11.8 Å². The van der Waals surface area contributed by atoms with Crippen molar-refractivity contribution in [1.82, 2.24) is 20.1 Å². The zero-order valence-corrected chi connectivity index (χ0v) is 15.7. The molecule has 1 atom stereocenters. The Kier molecular flexibility index (Phi) is 5.38. The fourth-order valence-corrected chi connectivity index (χ4v) is 4.20. The molecule has 8 nitrogen and oxygen atoms in total. The fraction of sp³-hybridized carbons (Fsp3) is 0.500. The van der Waals surface area contributed by atoms with E-state index in [1.165, 1.54) is 0 Å². The highest BCUT2D eigenvalue weighted by Gasteiger charge is 2.20. The van der Waals surface area contributed by atoms with Crippen molar-refractivity contribution in [2.45, 2.75) is 43.2 Å². The van der Waals surface area contributed by atoms with Gasteiger partial charge in [-0.15, -0.1) is 11.8 Å². The van der Waals surface area contributed by atoms with Crippen LogP contribution in [0.15, 0.2) is 27.9 Å². The number of carbonyl (C=O) groups excluding carboxylic acids is 1. The summed E-state index contributed by atoms with van der Waals surface area (Å²) in [5.41, 5.74) is -0.173. The number of rotatable bonds is 5. The van der Waals surface area contributed by atoms with E-state index in [0.29, 0.717) is 38.4 Å². The maximum absolute atomic E-state index is 12.3. The lowest BCUT2D eigenvalue weighted by molar-refractivity contribution is -0.121. The molecule has 144 valence electrons. The molecule has 1 unspecified atom stereocenters. The number of H-pyrrole nitrogens is 1. The van der Waals surface area contributed by atoms with E-state index in [4.69, 9.17) is 9.47 Å². The second-order valence-electron chi connectivity index (χ2n) is 6.59. The highest BCUT2D eigenvalue weighted by atomic mass is 32.2. The molecule has 9 heteroatoms. The number of amides is 1. The molecule has 0 spiro atoms. The molecule has 4 rings (SSSR count). The minimum absolute atomic E-state index is 0.0403. The Morgan fingerprint density at radius 3 is 3.04 bits per heavy atom. The number of carbonyl (C=O) groups is 1. The largest absolute Gasteiger partial charge is 0.486 e. The quantitative estimate of drug-likeness (QED) is 0.748. The van der Waals surface area contributed by atoms with E-state index in [1.807, 2.05) is 18.2 Å². The number of nitrogens with one attached hydrogen (secondary N) is 2. The summed E-state index contributed by atoms with van der Waals surface area (Å²) in [4.78, 5) is 25.0. The van der Waals surface area contributed by atoms with Crippen LogP contribution in [-0.4, -0.2) is 45.7 Å². The van der Waals surface area contributed by atoms with Gasteiger partial charge in [0.1, 0.15) is 19.0 Å². The summed E-state index contributed by atoms with van der Waals surface area (Å²) >= 11 is 1.62. The van der Waals surface area contributed by atoms with Crippen molar-refractivity contribution >= 4 is 17.7 Å². The number of hydrogen-bond donors (Lipinski definition) is 2. The zero-order valence-electron chi connectivity index (χ0n) is 14.9. The molecular weight excluding hydrogens is 368 g/mol. The summed E-state index contributed by atoms with van der Waals surface area (Å²) in [6.45, 7) is 1.73. The van der Waals surface area contributed by atoms with Crippen LogP contribution in [0.1, 0.15) is 25.1 Å². The first-order valence-corrected chi connectivity index (χ1v) is 10.1. The van der Waals surface area contributed by atoms with Gasteiger partial charge in [-0.1, -0.05) is 0 Å². The van der Waals surface area contributed by atoms with Gasteiger partial charge in [-0.2, -0.15) is 5.10 Å². The second kappa shape index (κ2) is 8.08. The number of benzene rings is 1. The molecule has 0 radical (unpaired) electrons. The number of aromatic amines is 1. The molecular formula is C18H22N4O4S. The Labute approximate surface area is 160 Å². The van der Waals surface area contributed by atoms with Crippen LogP contribution in [0.2, 0.25) is 0 Å². The summed E-state index contributed by atoms with van der Waals surface area (Å²) in [7, 11) is 0. The van der Waals surface area contributed by atoms with Gasteiger partial charge in [0.2, 0.25) is 5.91 Å². The number of nitrogens with zero attached hydrogens (tertiary/aromatic N) is 2. The normalized spacial score (nSPS) is 18.4. The first kappa shape index (κ1) is 18.0. The fourth-order valence-electron chi connectivity index (χ4n) is 3.32. The lowest BCUT2D eigenvalue weighted by Crippen LogP contribution is -2.35. The van der Waals surface area contributed by atoms with Crippen molar-refractivity contribution in [3.05, 3.63) is 34.5 Å². The van der Waals surface area contributed by atoms with Crippen LogP contribution in [0.4, 0.5) is 0 Å². The molecule has 0 saturated heterocycles. The Morgan fingerprint density at radius 1 is 1.30 bits per heavy atom. The highest BCUT2D eigenvalue weighted by molar-refractivity contribution is 7.99. The van der Waals surface area contributed by atoms with Gasteiger partial charge in [-0.3, -0.25) is 9.36 Å². The summed E-state index contributed by atoms with van der Waals surface area (Å²) in [6, 6.07) is 5.94. The summed E-state index contributed by atoms with van der Waals surface area (Å²) in [5, 5.41) is 9.60. The van der Waals surface area contributed by atoms with Crippen LogP contribution in [-0.2, 0) is 17.8 Å². The number of ether oxygens (including phenoxy) is 2. The average molecular weight is 390 g/mol. The second-order valence-corrected chi connectivity index (χ2v) is 7.76. The number of aromatic nitrogens is 3. The van der Waals surface area contributed by atoms with E-state index < -0.39 is 0 Å². The predicted octanol–water partition coefficient (Wildman–Crippen LogP) is 1.35. The van der Waals surface area contributed by atoms with Crippen LogP contribution in [0.3, 0.4) is 0 Å². The van der Waals surface area contributed by atoms with E-state index in [-0.39, 0.29) is 17.6 Å². The Bertz CT molecular complexity index is 878. The minimum atomic E-state index is -0.173. The van der Waals surface area contributed by atoms with Gasteiger partial charge in [0, 0.05) is 36.1 Å². The number of aryl methyl sites for hydroxylation is 1. The molecule has 0 bridgehead atoms. The van der Waals surface area contributed by atoms with Crippen LogP contribution in [0.25, 0.3) is 0 Å². The SMILES string of the molecule is O=C(CCSc1ccc2c(c1)OCCO2)NC1CCc2n[nH]c(=O)n2CC1. The molecule has 1 amide bonds. The summed E-state index contributed by atoms with van der Waals surface area (Å²) in [5.74, 6) is 3.04. The molecule has 2 aromatic rings. The molecule has 0 saturated carbocycles. The predicted molar refractivity (Wildman–Crippen MR) is 100 cm³/mol. The van der Waals surface area contributed by atoms with Gasteiger partial charge >= 0.3 is 5.69 Å². The van der Waals surface area contributed by atoms with Gasteiger partial charge < -0.3 is 14.8 Å². The number of fused-ring (bicyclic) bond motifs is 2. The van der Waals surface area contributed by atoms with Crippen molar-refractivity contribution in [2.75, 3.05) is 19.0 Å². The maximum atomic E-state index is 12.3. The lowest BCUT2D eigenvalue weighted by atomic mass is 10.1. The zero-order chi connectivity index (χ0) is 18.6. The smallest absolute Gasteiger partial charge is 0.343 e. The van der Waals surface area contributed by atoms with Gasteiger partial charge in [0.05, 0.1) is 0 Å². The van der Waals surface area contributed by atoms with Crippen molar-refractivity contribution in [3.8, 4) is 11.5 Å². The van der Waals surface area contributed by atoms with Crippen LogP contribution in [0, 0.1) is 0 Å². The summed E-state index contributed by atoms with van der Waals surface area (Å²) in [6.07, 6.45) is 2.68. The number of hydrogen-bond acceptors (Lipinski definition) is 6. The average Bonchev–Trinajstić information content (AvgIpc) is 2.90. The maximum Gasteiger partial charge on any atom is 0.343 e. The van der Waals surface area contributed by atoms with Crippen molar-refractivity contribution < 1.29 is 14.3 Å². The molecule has 27 heavy (non-hydrogen) atoms. The Morgan fingerprint density at radius 2 is 2.15 bits per heavy atom.